The van der Waals surface area contributed by atoms with Crippen molar-refractivity contribution in [3.63, 3.8) is 0 Å². The van der Waals surface area contributed by atoms with Crippen LogP contribution in [-0.4, -0.2) is 35.6 Å². The van der Waals surface area contributed by atoms with Gasteiger partial charge in [0.2, 0.25) is 11.8 Å². The molecule has 0 heterocycles. The molecule has 0 radical (unpaired) electrons. The highest BCUT2D eigenvalue weighted by Crippen LogP contribution is 2.18. The maximum atomic E-state index is 13.4. The van der Waals surface area contributed by atoms with Crippen LogP contribution < -0.4 is 5.32 Å². The number of nitrogens with one attached hydrogen (secondary N) is 1. The second-order valence-electron chi connectivity index (χ2n) is 7.81. The maximum Gasteiger partial charge on any atom is 0.242 e. The van der Waals surface area contributed by atoms with Gasteiger partial charge in [0.25, 0.3) is 0 Å². The lowest BCUT2D eigenvalue weighted by Gasteiger charge is -2.31. The maximum absolute atomic E-state index is 13.4. The molecular weight excluding hydrogens is 416 g/mol. The molecule has 0 spiro atoms. The van der Waals surface area contributed by atoms with Crippen LogP contribution in [0.1, 0.15) is 22.3 Å². The topological polar surface area (TPSA) is 49.4 Å². The highest BCUT2D eigenvalue weighted by atomic mass is 32.2. The van der Waals surface area contributed by atoms with E-state index in [4.69, 9.17) is 0 Å². The van der Waals surface area contributed by atoms with Crippen molar-refractivity contribution in [2.24, 2.45) is 0 Å². The predicted octanol–water partition coefficient (Wildman–Crippen LogP) is 4.61. The van der Waals surface area contributed by atoms with Gasteiger partial charge < -0.3 is 10.2 Å². The number of rotatable bonds is 10. The number of likely N-dealkylation sites (N-methyl/N-ethyl adjacent to an activating group) is 1. The summed E-state index contributed by atoms with van der Waals surface area (Å²) in [5.74, 6) is 0.898. The van der Waals surface area contributed by atoms with Crippen molar-refractivity contribution < 1.29 is 9.59 Å². The smallest absolute Gasteiger partial charge is 0.242 e. The van der Waals surface area contributed by atoms with Crippen LogP contribution in [0.25, 0.3) is 0 Å². The molecule has 0 fully saturated rings. The van der Waals surface area contributed by atoms with Gasteiger partial charge in [-0.2, -0.15) is 0 Å². The summed E-state index contributed by atoms with van der Waals surface area (Å²) in [6.45, 7) is 2.46. The number of amides is 2. The van der Waals surface area contributed by atoms with Crippen molar-refractivity contribution in [2.75, 3.05) is 12.8 Å². The third kappa shape index (κ3) is 6.99. The van der Waals surface area contributed by atoms with Crippen molar-refractivity contribution >= 4 is 23.6 Å². The van der Waals surface area contributed by atoms with Crippen LogP contribution >= 0.6 is 11.8 Å². The summed E-state index contributed by atoms with van der Waals surface area (Å²) in [6, 6.07) is 27.5. The van der Waals surface area contributed by atoms with E-state index < -0.39 is 6.04 Å². The molecule has 1 N–H and O–H groups in total. The summed E-state index contributed by atoms with van der Waals surface area (Å²) in [5, 5.41) is 2.75. The summed E-state index contributed by atoms with van der Waals surface area (Å²) in [7, 11) is 1.62. The molecule has 0 aliphatic carbocycles. The number of hydrogen-bond acceptors (Lipinski definition) is 3. The van der Waals surface area contributed by atoms with Crippen molar-refractivity contribution in [2.45, 2.75) is 31.7 Å². The van der Waals surface area contributed by atoms with Crippen molar-refractivity contribution in [3.05, 3.63) is 107 Å². The first-order valence-corrected chi connectivity index (χ1v) is 11.9. The molecular formula is C27H30N2O2S. The van der Waals surface area contributed by atoms with Gasteiger partial charge >= 0.3 is 0 Å². The quantitative estimate of drug-likeness (QED) is 0.495. The van der Waals surface area contributed by atoms with E-state index in [1.807, 2.05) is 60.7 Å². The Morgan fingerprint density at radius 3 is 2.03 bits per heavy atom. The van der Waals surface area contributed by atoms with Gasteiger partial charge in [0.15, 0.2) is 0 Å². The van der Waals surface area contributed by atoms with E-state index >= 15 is 0 Å². The van der Waals surface area contributed by atoms with Crippen LogP contribution in [-0.2, 0) is 28.3 Å². The zero-order valence-electron chi connectivity index (χ0n) is 18.7. The monoisotopic (exact) mass is 446 g/mol. The fourth-order valence-electron chi connectivity index (χ4n) is 3.52. The molecule has 0 aliphatic rings. The lowest BCUT2D eigenvalue weighted by Crippen LogP contribution is -2.50. The number of hydrogen-bond donors (Lipinski definition) is 1. The van der Waals surface area contributed by atoms with Crippen LogP contribution in [0.3, 0.4) is 0 Å². The van der Waals surface area contributed by atoms with Gasteiger partial charge in [0.1, 0.15) is 6.04 Å². The highest BCUT2D eigenvalue weighted by Gasteiger charge is 2.29. The zero-order valence-corrected chi connectivity index (χ0v) is 19.5. The Balaban J connectivity index is 1.77. The molecule has 3 rings (SSSR count). The fourth-order valence-corrected chi connectivity index (χ4v) is 4.39. The second-order valence-corrected chi connectivity index (χ2v) is 8.79. The average molecular weight is 447 g/mol. The predicted molar refractivity (Wildman–Crippen MR) is 132 cm³/mol. The Hall–Kier alpha value is -3.05. The molecule has 166 valence electrons. The molecule has 32 heavy (non-hydrogen) atoms. The molecule has 5 heteroatoms. The lowest BCUT2D eigenvalue weighted by molar-refractivity contribution is -0.139. The van der Waals surface area contributed by atoms with Crippen LogP contribution in [0.2, 0.25) is 0 Å². The van der Waals surface area contributed by atoms with E-state index in [0.717, 1.165) is 16.9 Å². The van der Waals surface area contributed by atoms with Crippen LogP contribution in [0.4, 0.5) is 0 Å². The third-order valence-corrected chi connectivity index (χ3v) is 6.32. The van der Waals surface area contributed by atoms with Gasteiger partial charge in [0, 0.05) is 25.8 Å². The van der Waals surface area contributed by atoms with Crippen LogP contribution in [0.5, 0.6) is 0 Å². The minimum atomic E-state index is -0.574. The molecule has 0 unspecified atom stereocenters. The summed E-state index contributed by atoms with van der Waals surface area (Å²) < 4.78 is 0. The average Bonchev–Trinajstić information content (AvgIpc) is 2.83. The van der Waals surface area contributed by atoms with Crippen LogP contribution in [0.15, 0.2) is 84.9 Å². The minimum absolute atomic E-state index is 0.0319. The van der Waals surface area contributed by atoms with Gasteiger partial charge in [-0.3, -0.25) is 9.59 Å². The van der Waals surface area contributed by atoms with Gasteiger partial charge in [-0.05, 0) is 23.6 Å². The Morgan fingerprint density at radius 2 is 1.44 bits per heavy atom. The summed E-state index contributed by atoms with van der Waals surface area (Å²) in [5.41, 5.74) is 4.44. The largest absolute Gasteiger partial charge is 0.357 e. The molecule has 1 atom stereocenters. The number of nitrogens with zero attached hydrogens (tertiary/aromatic N) is 1. The van der Waals surface area contributed by atoms with Crippen molar-refractivity contribution in [1.82, 2.24) is 10.2 Å². The normalized spacial score (nSPS) is 11.6. The van der Waals surface area contributed by atoms with E-state index in [1.165, 1.54) is 11.1 Å². The Kier molecular flexibility index (Phi) is 8.93. The van der Waals surface area contributed by atoms with Crippen molar-refractivity contribution in [3.8, 4) is 0 Å². The molecule has 0 aliphatic heterocycles. The highest BCUT2D eigenvalue weighted by molar-refractivity contribution is 7.99. The summed E-state index contributed by atoms with van der Waals surface area (Å²) >= 11 is 1.58. The molecule has 0 saturated heterocycles. The molecule has 3 aromatic rings. The first kappa shape index (κ1) is 23.6. The molecule has 2 amide bonds. The van der Waals surface area contributed by atoms with E-state index in [0.29, 0.717) is 18.7 Å². The Bertz CT molecular complexity index is 991. The Morgan fingerprint density at radius 1 is 0.844 bits per heavy atom. The Labute approximate surface area is 195 Å². The van der Waals surface area contributed by atoms with Crippen LogP contribution in [0, 0.1) is 6.92 Å². The summed E-state index contributed by atoms with van der Waals surface area (Å²) in [4.78, 5) is 28.0. The van der Waals surface area contributed by atoms with E-state index in [9.17, 15) is 9.59 Å². The van der Waals surface area contributed by atoms with E-state index in [-0.39, 0.29) is 11.8 Å². The zero-order chi connectivity index (χ0) is 22.8. The molecule has 4 nitrogen and oxygen atoms in total. The minimum Gasteiger partial charge on any atom is -0.357 e. The molecule has 0 aromatic heterocycles. The van der Waals surface area contributed by atoms with E-state index in [2.05, 4.69) is 36.5 Å². The van der Waals surface area contributed by atoms with Gasteiger partial charge in [-0.1, -0.05) is 90.5 Å². The van der Waals surface area contributed by atoms with Gasteiger partial charge in [-0.25, -0.2) is 0 Å². The standard InChI is InChI=1S/C27H30N2O2S/c1-21-13-15-24(16-14-21)19-32-20-26(30)29(18-23-11-7-4-8-12-23)25(27(31)28-2)17-22-9-5-3-6-10-22/h3-16,25H,17-20H2,1-2H3,(H,28,31)/t25-/m1/s1. The summed E-state index contributed by atoms with van der Waals surface area (Å²) in [6.07, 6.45) is 0.474. The second kappa shape index (κ2) is 12.1. The van der Waals surface area contributed by atoms with Gasteiger partial charge in [0.05, 0.1) is 5.75 Å². The number of aryl methyl sites for hydroxylation is 1. The SMILES string of the molecule is CNC(=O)[C@@H](Cc1ccccc1)N(Cc1ccccc1)C(=O)CSCc1ccc(C)cc1. The number of carbonyl (C=O) groups is 2. The first-order valence-electron chi connectivity index (χ1n) is 10.8. The number of carbonyl (C=O) groups excluding carboxylic acids is 2. The van der Waals surface area contributed by atoms with Crippen molar-refractivity contribution in [1.29, 1.82) is 0 Å². The fraction of sp³-hybridized carbons (Fsp3) is 0.259. The van der Waals surface area contributed by atoms with E-state index in [1.54, 1.807) is 23.7 Å². The molecule has 0 saturated carbocycles. The third-order valence-electron chi connectivity index (χ3n) is 5.33. The molecule has 0 bridgehead atoms. The number of benzene rings is 3. The van der Waals surface area contributed by atoms with Gasteiger partial charge in [-0.15, -0.1) is 11.8 Å². The number of thioether (sulfide) groups is 1. The molecule has 3 aromatic carbocycles. The first-order chi connectivity index (χ1) is 15.6. The lowest BCUT2D eigenvalue weighted by atomic mass is 10.0.